The van der Waals surface area contributed by atoms with Gasteiger partial charge in [0, 0.05) is 16.3 Å². The molecule has 0 atom stereocenters. The molecular formula is C10H10ClNO3. The summed E-state index contributed by atoms with van der Waals surface area (Å²) in [4.78, 5) is 21.6. The van der Waals surface area contributed by atoms with Crippen molar-refractivity contribution in [3.05, 3.63) is 28.8 Å². The van der Waals surface area contributed by atoms with Crippen LogP contribution in [0.5, 0.6) is 0 Å². The summed E-state index contributed by atoms with van der Waals surface area (Å²) in [6.07, 6.45) is 0. The van der Waals surface area contributed by atoms with Gasteiger partial charge in [-0.25, -0.2) is 0 Å². The molecule has 0 aliphatic heterocycles. The van der Waals surface area contributed by atoms with E-state index in [1.54, 1.807) is 12.1 Å². The molecule has 0 unspecified atom stereocenters. The Kier molecular flexibility index (Phi) is 3.68. The molecule has 0 spiro atoms. The van der Waals surface area contributed by atoms with Crippen molar-refractivity contribution in [1.82, 2.24) is 0 Å². The Morgan fingerprint density at radius 1 is 1.47 bits per heavy atom. The fraction of sp³-hybridized carbons (Fsp3) is 0.200. The Bertz CT molecular complexity index is 404. The van der Waals surface area contributed by atoms with Crippen LogP contribution in [0.4, 0.5) is 5.69 Å². The van der Waals surface area contributed by atoms with Crippen LogP contribution in [0.15, 0.2) is 18.2 Å². The van der Waals surface area contributed by atoms with Crippen LogP contribution >= 0.6 is 11.6 Å². The molecule has 1 rings (SSSR count). The predicted octanol–water partition coefficient (Wildman–Crippen LogP) is 2.04. The van der Waals surface area contributed by atoms with Gasteiger partial charge >= 0.3 is 5.97 Å². The fourth-order valence-electron chi connectivity index (χ4n) is 1.13. The van der Waals surface area contributed by atoms with Crippen molar-refractivity contribution < 1.29 is 14.7 Å². The van der Waals surface area contributed by atoms with E-state index in [-0.39, 0.29) is 12.3 Å². The fourth-order valence-corrected chi connectivity index (χ4v) is 1.30. The molecule has 1 aromatic carbocycles. The van der Waals surface area contributed by atoms with Crippen LogP contribution in [0, 0.1) is 0 Å². The normalized spacial score (nSPS) is 9.73. The van der Waals surface area contributed by atoms with Gasteiger partial charge in [0.2, 0.25) is 0 Å². The van der Waals surface area contributed by atoms with Gasteiger partial charge in [0.1, 0.15) is 6.54 Å². The Hall–Kier alpha value is -1.55. The van der Waals surface area contributed by atoms with E-state index >= 15 is 0 Å². The summed E-state index contributed by atoms with van der Waals surface area (Å²) in [6.45, 7) is 1.17. The number of ketones is 1. The van der Waals surface area contributed by atoms with Crippen molar-refractivity contribution >= 4 is 29.0 Å². The third-order valence-electron chi connectivity index (χ3n) is 1.79. The number of halogens is 1. The number of Topliss-reactive ketones (excluding diaryl/α,β-unsaturated/α-hetero) is 1. The second-order valence-corrected chi connectivity index (χ2v) is 3.43. The molecule has 0 aliphatic carbocycles. The molecule has 15 heavy (non-hydrogen) atoms. The summed E-state index contributed by atoms with van der Waals surface area (Å²) in [5.74, 6) is -1.15. The SMILES string of the molecule is CC(=O)c1cc(Cl)ccc1NCC(=O)O. The van der Waals surface area contributed by atoms with Crippen LogP contribution in [0.2, 0.25) is 5.02 Å². The van der Waals surface area contributed by atoms with Crippen molar-refractivity contribution in [2.75, 3.05) is 11.9 Å². The van der Waals surface area contributed by atoms with E-state index in [1.165, 1.54) is 13.0 Å². The van der Waals surface area contributed by atoms with E-state index in [1.807, 2.05) is 0 Å². The minimum absolute atomic E-state index is 0.162. The smallest absolute Gasteiger partial charge is 0.322 e. The number of benzene rings is 1. The number of hydrogen-bond acceptors (Lipinski definition) is 3. The van der Waals surface area contributed by atoms with Gasteiger partial charge in [-0.15, -0.1) is 0 Å². The average molecular weight is 228 g/mol. The molecule has 0 fully saturated rings. The number of aliphatic carboxylic acids is 1. The molecule has 0 radical (unpaired) electrons. The Morgan fingerprint density at radius 2 is 2.13 bits per heavy atom. The van der Waals surface area contributed by atoms with Gasteiger partial charge in [0.15, 0.2) is 5.78 Å². The Labute approximate surface area is 91.9 Å². The quantitative estimate of drug-likeness (QED) is 0.773. The third kappa shape index (κ3) is 3.25. The highest BCUT2D eigenvalue weighted by Gasteiger charge is 2.08. The zero-order valence-corrected chi connectivity index (χ0v) is 8.84. The lowest BCUT2D eigenvalue weighted by molar-refractivity contribution is -0.134. The molecule has 0 amide bonds. The van der Waals surface area contributed by atoms with Crippen LogP contribution in [0.3, 0.4) is 0 Å². The first-order valence-electron chi connectivity index (χ1n) is 4.27. The van der Waals surface area contributed by atoms with E-state index in [2.05, 4.69) is 5.32 Å². The number of carboxylic acids is 1. The van der Waals surface area contributed by atoms with E-state index in [9.17, 15) is 9.59 Å². The number of nitrogens with one attached hydrogen (secondary N) is 1. The zero-order valence-electron chi connectivity index (χ0n) is 8.08. The van der Waals surface area contributed by atoms with Gasteiger partial charge in [-0.05, 0) is 25.1 Å². The summed E-state index contributed by atoms with van der Waals surface area (Å²) in [6, 6.07) is 4.69. The lowest BCUT2D eigenvalue weighted by Crippen LogP contribution is -2.14. The molecule has 4 nitrogen and oxygen atoms in total. The standard InChI is InChI=1S/C10H10ClNO3/c1-6(13)8-4-7(11)2-3-9(8)12-5-10(14)15/h2-4,12H,5H2,1H3,(H,14,15). The van der Waals surface area contributed by atoms with E-state index in [4.69, 9.17) is 16.7 Å². The van der Waals surface area contributed by atoms with Gasteiger partial charge in [-0.3, -0.25) is 9.59 Å². The van der Waals surface area contributed by atoms with Crippen molar-refractivity contribution in [2.45, 2.75) is 6.92 Å². The Balaban J connectivity index is 2.95. The van der Waals surface area contributed by atoms with Crippen LogP contribution in [-0.4, -0.2) is 23.4 Å². The van der Waals surface area contributed by atoms with Gasteiger partial charge in [-0.1, -0.05) is 11.6 Å². The molecule has 0 heterocycles. The van der Waals surface area contributed by atoms with E-state index < -0.39 is 5.97 Å². The first-order valence-corrected chi connectivity index (χ1v) is 4.64. The van der Waals surface area contributed by atoms with Gasteiger partial charge in [-0.2, -0.15) is 0 Å². The summed E-state index contributed by atoms with van der Waals surface area (Å²) in [5, 5.41) is 11.6. The highest BCUT2D eigenvalue weighted by Crippen LogP contribution is 2.20. The minimum atomic E-state index is -0.987. The second-order valence-electron chi connectivity index (χ2n) is 2.99. The first-order chi connectivity index (χ1) is 7.00. The maximum atomic E-state index is 11.2. The van der Waals surface area contributed by atoms with Crippen molar-refractivity contribution in [2.24, 2.45) is 0 Å². The van der Waals surface area contributed by atoms with Crippen molar-refractivity contribution in [1.29, 1.82) is 0 Å². The number of rotatable bonds is 4. The van der Waals surface area contributed by atoms with Gasteiger partial charge < -0.3 is 10.4 Å². The first kappa shape index (κ1) is 11.5. The zero-order chi connectivity index (χ0) is 11.4. The molecule has 0 saturated heterocycles. The van der Waals surface area contributed by atoms with Crippen LogP contribution in [0.1, 0.15) is 17.3 Å². The largest absolute Gasteiger partial charge is 0.480 e. The highest BCUT2D eigenvalue weighted by atomic mass is 35.5. The number of carbonyl (C=O) groups is 2. The third-order valence-corrected chi connectivity index (χ3v) is 2.03. The summed E-state index contributed by atoms with van der Waals surface area (Å²) < 4.78 is 0. The maximum absolute atomic E-state index is 11.2. The number of anilines is 1. The summed E-state index contributed by atoms with van der Waals surface area (Å²) >= 11 is 5.73. The lowest BCUT2D eigenvalue weighted by Gasteiger charge is -2.08. The minimum Gasteiger partial charge on any atom is -0.480 e. The highest BCUT2D eigenvalue weighted by molar-refractivity contribution is 6.31. The van der Waals surface area contributed by atoms with Crippen molar-refractivity contribution in [3.8, 4) is 0 Å². The molecule has 0 aliphatic rings. The molecular weight excluding hydrogens is 218 g/mol. The molecule has 0 aromatic heterocycles. The van der Waals surface area contributed by atoms with E-state index in [0.717, 1.165) is 0 Å². The molecule has 2 N–H and O–H groups in total. The second kappa shape index (κ2) is 4.79. The molecule has 80 valence electrons. The Morgan fingerprint density at radius 3 is 2.67 bits per heavy atom. The van der Waals surface area contributed by atoms with Gasteiger partial charge in [0.05, 0.1) is 0 Å². The van der Waals surface area contributed by atoms with Crippen LogP contribution in [0.25, 0.3) is 0 Å². The molecule has 1 aromatic rings. The topological polar surface area (TPSA) is 66.4 Å². The van der Waals surface area contributed by atoms with E-state index in [0.29, 0.717) is 16.3 Å². The molecule has 0 bridgehead atoms. The number of carbonyl (C=O) groups excluding carboxylic acids is 1. The average Bonchev–Trinajstić information content (AvgIpc) is 2.15. The molecule has 5 heteroatoms. The van der Waals surface area contributed by atoms with Crippen LogP contribution in [-0.2, 0) is 4.79 Å². The number of carboxylic acid groups (broad SMARTS) is 1. The maximum Gasteiger partial charge on any atom is 0.322 e. The monoisotopic (exact) mass is 227 g/mol. The van der Waals surface area contributed by atoms with Crippen molar-refractivity contribution in [3.63, 3.8) is 0 Å². The van der Waals surface area contributed by atoms with Gasteiger partial charge in [0.25, 0.3) is 0 Å². The predicted molar refractivity (Wildman–Crippen MR) is 57.6 cm³/mol. The summed E-state index contributed by atoms with van der Waals surface area (Å²) in [7, 11) is 0. The lowest BCUT2D eigenvalue weighted by atomic mass is 10.1. The number of hydrogen-bond donors (Lipinski definition) is 2. The molecule has 0 saturated carbocycles. The summed E-state index contributed by atoms with van der Waals surface area (Å²) in [5.41, 5.74) is 0.873. The van der Waals surface area contributed by atoms with Crippen LogP contribution < -0.4 is 5.32 Å².